The fourth-order valence-electron chi connectivity index (χ4n) is 2.52. The first-order chi connectivity index (χ1) is 11.8. The van der Waals surface area contributed by atoms with Crippen LogP contribution >= 0.6 is 23.1 Å². The number of thioether (sulfide) groups is 1. The number of aromatic amines is 1. The van der Waals surface area contributed by atoms with Gasteiger partial charge in [0.1, 0.15) is 10.1 Å². The molecule has 4 N–H and O–H groups in total. The van der Waals surface area contributed by atoms with Crippen molar-refractivity contribution in [3.05, 3.63) is 20.0 Å². The third-order valence-electron chi connectivity index (χ3n) is 3.64. The smallest absolute Gasteiger partial charge is 0.311 e. The average Bonchev–Trinajstić information content (AvgIpc) is 3.08. The Morgan fingerprint density at radius 3 is 2.92 bits per heavy atom. The van der Waals surface area contributed by atoms with Crippen molar-refractivity contribution in [1.29, 1.82) is 0 Å². The first-order valence-corrected chi connectivity index (χ1v) is 9.04. The number of carbonyl (C=O) groups is 1. The largest absolute Gasteiger partial charge is 0.469 e. The fourth-order valence-corrected chi connectivity index (χ4v) is 4.66. The number of rotatable bonds is 4. The number of fused-ring (bicyclic) bond motifs is 1. The maximum absolute atomic E-state index is 12.4. The third-order valence-corrected chi connectivity index (χ3v) is 6.10. The second kappa shape index (κ2) is 6.78. The molecule has 1 saturated heterocycles. The van der Waals surface area contributed by atoms with Crippen LogP contribution in [0.1, 0.15) is 19.6 Å². The number of methoxy groups -OCH3 is 1. The van der Waals surface area contributed by atoms with E-state index < -0.39 is 39.4 Å². The maximum atomic E-state index is 12.4. The number of thiazole rings is 1. The van der Waals surface area contributed by atoms with Crippen molar-refractivity contribution in [3.63, 3.8) is 0 Å². The number of anilines is 1. The summed E-state index contributed by atoms with van der Waals surface area (Å²) in [4.78, 5) is 42.0. The first kappa shape index (κ1) is 17.9. The predicted molar refractivity (Wildman–Crippen MR) is 92.5 cm³/mol. The van der Waals surface area contributed by atoms with Crippen LogP contribution in [0.15, 0.2) is 9.59 Å². The minimum absolute atomic E-state index is 0.0303. The summed E-state index contributed by atoms with van der Waals surface area (Å²) >= 11 is 1.94. The van der Waals surface area contributed by atoms with Crippen LogP contribution in [0.3, 0.4) is 0 Å². The van der Waals surface area contributed by atoms with Gasteiger partial charge in [-0.3, -0.25) is 23.9 Å². The number of nitrogens with two attached hydrogens (primary N) is 1. The molecule has 1 aliphatic rings. The lowest BCUT2D eigenvalue weighted by Crippen LogP contribution is -2.29. The van der Waals surface area contributed by atoms with Gasteiger partial charge in [-0.05, 0) is 6.92 Å². The zero-order valence-electron chi connectivity index (χ0n) is 13.3. The molecule has 3 unspecified atom stereocenters. The number of hydrogen-bond donors (Lipinski definition) is 3. The minimum Gasteiger partial charge on any atom is -0.469 e. The van der Waals surface area contributed by atoms with Crippen molar-refractivity contribution < 1.29 is 19.4 Å². The van der Waals surface area contributed by atoms with E-state index in [-0.39, 0.29) is 22.7 Å². The molecule has 10 nitrogen and oxygen atoms in total. The van der Waals surface area contributed by atoms with Gasteiger partial charge in [0.15, 0.2) is 11.9 Å². The standard InChI is InChI=1S/C13H16N4O6S2/c1-4(18)11-23-10(5(24-11)3-6(19)22-2)17-8-7(25-13(17)21)9(20)16-12(14)15-8/h4-5,10-11,18H,3H2,1-2H3,(H3,14,15,16,20)/t4-,5?,10?,11?/m0/s1. The topological polar surface area (TPSA) is 150 Å². The number of aliphatic hydroxyl groups excluding tert-OH is 1. The van der Waals surface area contributed by atoms with Gasteiger partial charge in [0.05, 0.1) is 24.9 Å². The van der Waals surface area contributed by atoms with Gasteiger partial charge in [-0.25, -0.2) is 0 Å². The van der Waals surface area contributed by atoms with Crippen LogP contribution < -0.4 is 16.2 Å². The highest BCUT2D eigenvalue weighted by molar-refractivity contribution is 8.00. The molecule has 0 amide bonds. The fraction of sp³-hybridized carbons (Fsp3) is 0.538. The molecule has 3 rings (SSSR count). The summed E-state index contributed by atoms with van der Waals surface area (Å²) in [6, 6.07) is 0. The number of nitrogens with one attached hydrogen (secondary N) is 1. The molecular formula is C13H16N4O6S2. The van der Waals surface area contributed by atoms with E-state index in [4.69, 9.17) is 10.5 Å². The number of aromatic nitrogens is 3. The molecule has 25 heavy (non-hydrogen) atoms. The van der Waals surface area contributed by atoms with Crippen LogP contribution in [0.2, 0.25) is 0 Å². The van der Waals surface area contributed by atoms with Gasteiger partial charge in [0, 0.05) is 0 Å². The highest BCUT2D eigenvalue weighted by atomic mass is 32.2. The zero-order valence-corrected chi connectivity index (χ0v) is 14.9. The van der Waals surface area contributed by atoms with Crippen LogP contribution in [0.25, 0.3) is 10.3 Å². The van der Waals surface area contributed by atoms with E-state index >= 15 is 0 Å². The Morgan fingerprint density at radius 1 is 1.56 bits per heavy atom. The Morgan fingerprint density at radius 2 is 2.28 bits per heavy atom. The summed E-state index contributed by atoms with van der Waals surface area (Å²) in [5, 5.41) is 9.31. The van der Waals surface area contributed by atoms with Crippen molar-refractivity contribution in [1.82, 2.24) is 14.5 Å². The summed E-state index contributed by atoms with van der Waals surface area (Å²) in [6.45, 7) is 1.55. The minimum atomic E-state index is -0.890. The number of nitrogen functional groups attached to an aromatic ring is 1. The van der Waals surface area contributed by atoms with E-state index in [1.54, 1.807) is 6.92 Å². The van der Waals surface area contributed by atoms with E-state index in [0.29, 0.717) is 11.3 Å². The van der Waals surface area contributed by atoms with E-state index in [2.05, 4.69) is 14.7 Å². The highest BCUT2D eigenvalue weighted by Crippen LogP contribution is 2.42. The Balaban J connectivity index is 2.10. The molecule has 0 bridgehead atoms. The number of nitrogens with zero attached hydrogens (tertiary/aromatic N) is 2. The second-order valence-corrected chi connectivity index (χ2v) is 7.74. The number of carbonyl (C=O) groups excluding carboxylic acids is 1. The molecule has 4 atom stereocenters. The maximum Gasteiger partial charge on any atom is 0.311 e. The summed E-state index contributed by atoms with van der Waals surface area (Å²) in [5.41, 5.74) is 4.50. The van der Waals surface area contributed by atoms with Gasteiger partial charge in [0.2, 0.25) is 5.95 Å². The first-order valence-electron chi connectivity index (χ1n) is 7.28. The van der Waals surface area contributed by atoms with Crippen LogP contribution in [0, 0.1) is 0 Å². The van der Waals surface area contributed by atoms with Crippen molar-refractivity contribution >= 4 is 45.4 Å². The predicted octanol–water partition coefficient (Wildman–Crippen LogP) is -0.371. The molecule has 1 aliphatic heterocycles. The summed E-state index contributed by atoms with van der Waals surface area (Å²) in [6.07, 6.45) is -1.74. The van der Waals surface area contributed by atoms with E-state index in [9.17, 15) is 19.5 Å². The number of H-pyrrole nitrogens is 1. The van der Waals surface area contributed by atoms with Crippen LogP contribution in [-0.2, 0) is 14.3 Å². The summed E-state index contributed by atoms with van der Waals surface area (Å²) < 4.78 is 11.8. The summed E-state index contributed by atoms with van der Waals surface area (Å²) in [5.74, 6) is -0.610. The molecule has 1 fully saturated rings. The molecule has 0 aromatic carbocycles. The molecular weight excluding hydrogens is 372 g/mol. The number of esters is 1. The second-order valence-electron chi connectivity index (χ2n) is 5.43. The quantitative estimate of drug-likeness (QED) is 0.596. The van der Waals surface area contributed by atoms with Gasteiger partial charge < -0.3 is 20.3 Å². The van der Waals surface area contributed by atoms with Crippen LogP contribution in [-0.4, -0.2) is 49.5 Å². The van der Waals surface area contributed by atoms with Gasteiger partial charge in [0.25, 0.3) is 5.56 Å². The van der Waals surface area contributed by atoms with Gasteiger partial charge >= 0.3 is 10.8 Å². The third kappa shape index (κ3) is 3.29. The van der Waals surface area contributed by atoms with Crippen molar-refractivity contribution in [3.8, 4) is 0 Å². The molecule has 12 heteroatoms. The Kier molecular flexibility index (Phi) is 4.86. The molecule has 0 saturated carbocycles. The highest BCUT2D eigenvalue weighted by Gasteiger charge is 2.42. The summed E-state index contributed by atoms with van der Waals surface area (Å²) in [7, 11) is 1.26. The van der Waals surface area contributed by atoms with E-state index in [1.807, 2.05) is 0 Å². The molecule has 0 aliphatic carbocycles. The molecule has 0 spiro atoms. The number of aliphatic hydroxyl groups is 1. The van der Waals surface area contributed by atoms with E-state index in [1.165, 1.54) is 23.4 Å². The molecule has 136 valence electrons. The van der Waals surface area contributed by atoms with E-state index in [0.717, 1.165) is 0 Å². The number of ether oxygens (including phenoxy) is 2. The van der Waals surface area contributed by atoms with Crippen molar-refractivity contribution in [2.45, 2.75) is 36.4 Å². The molecule has 0 radical (unpaired) electrons. The average molecular weight is 388 g/mol. The lowest BCUT2D eigenvalue weighted by molar-refractivity contribution is -0.141. The monoisotopic (exact) mass is 388 g/mol. The van der Waals surface area contributed by atoms with Gasteiger partial charge in [-0.2, -0.15) is 4.98 Å². The van der Waals surface area contributed by atoms with Crippen molar-refractivity contribution in [2.24, 2.45) is 0 Å². The molecule has 2 aromatic heterocycles. The Bertz CT molecular complexity index is 919. The zero-order chi connectivity index (χ0) is 18.3. The normalized spacial score (nSPS) is 24.5. The Hall–Kier alpha value is -1.89. The lowest BCUT2D eigenvalue weighted by atomic mass is 10.2. The Labute approximate surface area is 149 Å². The molecule has 3 heterocycles. The molecule has 2 aromatic rings. The van der Waals surface area contributed by atoms with Crippen LogP contribution in [0.4, 0.5) is 5.95 Å². The number of hydrogen-bond acceptors (Lipinski definition) is 10. The van der Waals surface area contributed by atoms with Gasteiger partial charge in [-0.15, -0.1) is 11.8 Å². The van der Waals surface area contributed by atoms with Crippen molar-refractivity contribution in [2.75, 3.05) is 12.8 Å². The van der Waals surface area contributed by atoms with Crippen LogP contribution in [0.5, 0.6) is 0 Å². The SMILES string of the molecule is COC(=O)CC1SC([C@H](C)O)OC1n1c(=O)sc2c(=O)[nH]c(N)nc21. The lowest BCUT2D eigenvalue weighted by Gasteiger charge is -2.18. The van der Waals surface area contributed by atoms with Gasteiger partial charge in [-0.1, -0.05) is 11.3 Å².